The molecule has 0 spiro atoms. The highest BCUT2D eigenvalue weighted by molar-refractivity contribution is 9.10. The summed E-state index contributed by atoms with van der Waals surface area (Å²) in [4.78, 5) is 11.9. The fourth-order valence-electron chi connectivity index (χ4n) is 2.19. The predicted molar refractivity (Wildman–Crippen MR) is 73.1 cm³/mol. The van der Waals surface area contributed by atoms with Crippen molar-refractivity contribution in [3.05, 3.63) is 28.2 Å². The van der Waals surface area contributed by atoms with Crippen LogP contribution in [0.3, 0.4) is 0 Å². The summed E-state index contributed by atoms with van der Waals surface area (Å²) in [5, 5.41) is 3.31. The lowest BCUT2D eigenvalue weighted by Crippen LogP contribution is -2.31. The lowest BCUT2D eigenvalue weighted by Gasteiger charge is -2.11. The molecule has 2 rings (SSSR count). The number of rotatable bonds is 4. The summed E-state index contributed by atoms with van der Waals surface area (Å²) in [6.07, 6.45) is 4.93. The summed E-state index contributed by atoms with van der Waals surface area (Å²) < 4.78 is 0.831. The van der Waals surface area contributed by atoms with E-state index in [-0.39, 0.29) is 5.78 Å². The maximum Gasteiger partial charge on any atom is 0.176 e. The summed E-state index contributed by atoms with van der Waals surface area (Å²) in [6, 6.07) is 5.87. The zero-order valence-electron chi connectivity index (χ0n) is 9.71. The molecule has 3 nitrogen and oxygen atoms in total. The van der Waals surface area contributed by atoms with Crippen molar-refractivity contribution in [2.45, 2.75) is 31.7 Å². The monoisotopic (exact) mass is 296 g/mol. The van der Waals surface area contributed by atoms with Crippen LogP contribution in [0.15, 0.2) is 22.7 Å². The highest BCUT2D eigenvalue weighted by Gasteiger charge is 2.16. The molecule has 1 fully saturated rings. The van der Waals surface area contributed by atoms with Gasteiger partial charge in [0.25, 0.3) is 0 Å². The maximum atomic E-state index is 11.9. The number of benzene rings is 1. The Morgan fingerprint density at radius 1 is 1.41 bits per heavy atom. The van der Waals surface area contributed by atoms with Gasteiger partial charge in [-0.15, -0.1) is 0 Å². The topological polar surface area (TPSA) is 55.1 Å². The van der Waals surface area contributed by atoms with Crippen LogP contribution in [-0.4, -0.2) is 18.4 Å². The van der Waals surface area contributed by atoms with E-state index >= 15 is 0 Å². The summed E-state index contributed by atoms with van der Waals surface area (Å²) in [5.74, 6) is 0.108. The Bertz CT molecular complexity index is 414. The number of hydrogen-bond donors (Lipinski definition) is 2. The Kier molecular flexibility index (Phi) is 4.18. The molecule has 0 heterocycles. The van der Waals surface area contributed by atoms with Gasteiger partial charge in [-0.1, -0.05) is 18.9 Å². The van der Waals surface area contributed by atoms with Crippen molar-refractivity contribution in [1.29, 1.82) is 0 Å². The minimum absolute atomic E-state index is 0.108. The average Bonchev–Trinajstić information content (AvgIpc) is 2.82. The normalized spacial score (nSPS) is 16.3. The average molecular weight is 297 g/mol. The number of nitrogen functional groups attached to an aromatic ring is 1. The number of anilines is 1. The molecule has 0 aromatic heterocycles. The molecule has 1 aliphatic carbocycles. The van der Waals surface area contributed by atoms with Crippen LogP contribution in [0.25, 0.3) is 0 Å². The van der Waals surface area contributed by atoms with Gasteiger partial charge in [0.15, 0.2) is 5.78 Å². The van der Waals surface area contributed by atoms with Crippen molar-refractivity contribution in [1.82, 2.24) is 5.32 Å². The number of hydrogen-bond acceptors (Lipinski definition) is 3. The first kappa shape index (κ1) is 12.6. The molecule has 0 radical (unpaired) electrons. The van der Waals surface area contributed by atoms with E-state index in [2.05, 4.69) is 21.2 Å². The van der Waals surface area contributed by atoms with Crippen LogP contribution >= 0.6 is 15.9 Å². The van der Waals surface area contributed by atoms with E-state index in [0.717, 1.165) is 4.47 Å². The molecule has 0 bridgehead atoms. The molecule has 0 amide bonds. The molecule has 4 heteroatoms. The quantitative estimate of drug-likeness (QED) is 0.663. The number of ketones is 1. The molecule has 1 aromatic carbocycles. The molecule has 3 N–H and O–H groups in total. The van der Waals surface area contributed by atoms with Crippen LogP contribution in [0.2, 0.25) is 0 Å². The highest BCUT2D eigenvalue weighted by Crippen LogP contribution is 2.21. The van der Waals surface area contributed by atoms with Gasteiger partial charge in [-0.2, -0.15) is 0 Å². The molecule has 0 saturated heterocycles. The van der Waals surface area contributed by atoms with Crippen molar-refractivity contribution in [3.63, 3.8) is 0 Å². The van der Waals surface area contributed by atoms with Gasteiger partial charge in [-0.05, 0) is 40.9 Å². The Morgan fingerprint density at radius 2 is 2.12 bits per heavy atom. The summed E-state index contributed by atoms with van der Waals surface area (Å²) >= 11 is 3.32. The van der Waals surface area contributed by atoms with Crippen molar-refractivity contribution < 1.29 is 4.79 Å². The van der Waals surface area contributed by atoms with Crippen LogP contribution in [0.1, 0.15) is 36.0 Å². The zero-order valence-corrected chi connectivity index (χ0v) is 11.3. The van der Waals surface area contributed by atoms with Crippen LogP contribution in [0.4, 0.5) is 5.69 Å². The second-order valence-electron chi connectivity index (χ2n) is 4.52. The Hall–Kier alpha value is -0.870. The Labute approximate surface area is 110 Å². The third kappa shape index (κ3) is 3.30. The summed E-state index contributed by atoms with van der Waals surface area (Å²) in [5.41, 5.74) is 7.04. The standard InChI is InChI=1S/C13H17BrN2O/c14-11-6-5-9(7-12(11)15)13(17)8-16-10-3-1-2-4-10/h5-7,10,16H,1-4,8,15H2. The second-order valence-corrected chi connectivity index (χ2v) is 5.38. The zero-order chi connectivity index (χ0) is 12.3. The van der Waals surface area contributed by atoms with Gasteiger partial charge in [0.2, 0.25) is 0 Å². The largest absolute Gasteiger partial charge is 0.398 e. The number of carbonyl (C=O) groups excluding carboxylic acids is 1. The van der Waals surface area contributed by atoms with Gasteiger partial charge in [0, 0.05) is 21.8 Å². The fourth-order valence-corrected chi connectivity index (χ4v) is 2.43. The predicted octanol–water partition coefficient (Wildman–Crippen LogP) is 2.75. The Balaban J connectivity index is 1.92. The minimum Gasteiger partial charge on any atom is -0.398 e. The minimum atomic E-state index is 0.108. The second kappa shape index (κ2) is 5.65. The molecular weight excluding hydrogens is 280 g/mol. The summed E-state index contributed by atoms with van der Waals surface area (Å²) in [7, 11) is 0. The van der Waals surface area contributed by atoms with Gasteiger partial charge in [-0.3, -0.25) is 4.79 Å². The van der Waals surface area contributed by atoms with E-state index in [0.29, 0.717) is 23.8 Å². The molecule has 0 aliphatic heterocycles. The van der Waals surface area contributed by atoms with E-state index in [9.17, 15) is 4.79 Å². The highest BCUT2D eigenvalue weighted by atomic mass is 79.9. The molecule has 0 atom stereocenters. The van der Waals surface area contributed by atoms with Gasteiger partial charge in [0.05, 0.1) is 6.54 Å². The number of carbonyl (C=O) groups is 1. The SMILES string of the molecule is Nc1cc(C(=O)CNC2CCCC2)ccc1Br. The van der Waals surface area contributed by atoms with Crippen LogP contribution in [0, 0.1) is 0 Å². The van der Waals surface area contributed by atoms with Crippen molar-refractivity contribution in [2.24, 2.45) is 0 Å². The molecule has 92 valence electrons. The van der Waals surface area contributed by atoms with Crippen LogP contribution in [0.5, 0.6) is 0 Å². The number of nitrogens with two attached hydrogens (primary N) is 1. The van der Waals surface area contributed by atoms with E-state index in [1.807, 2.05) is 6.07 Å². The van der Waals surface area contributed by atoms with Gasteiger partial charge in [0.1, 0.15) is 0 Å². The van der Waals surface area contributed by atoms with E-state index in [1.54, 1.807) is 12.1 Å². The van der Waals surface area contributed by atoms with Gasteiger partial charge < -0.3 is 11.1 Å². The first-order chi connectivity index (χ1) is 8.16. The Morgan fingerprint density at radius 3 is 2.76 bits per heavy atom. The van der Waals surface area contributed by atoms with Crippen LogP contribution < -0.4 is 11.1 Å². The lowest BCUT2D eigenvalue weighted by molar-refractivity contribution is 0.0987. The third-order valence-electron chi connectivity index (χ3n) is 3.22. The maximum absolute atomic E-state index is 11.9. The third-order valence-corrected chi connectivity index (χ3v) is 3.95. The van der Waals surface area contributed by atoms with Gasteiger partial charge >= 0.3 is 0 Å². The van der Waals surface area contributed by atoms with Crippen molar-refractivity contribution in [3.8, 4) is 0 Å². The molecule has 0 unspecified atom stereocenters. The lowest BCUT2D eigenvalue weighted by atomic mass is 10.1. The molecule has 1 aromatic rings. The van der Waals surface area contributed by atoms with Crippen molar-refractivity contribution in [2.75, 3.05) is 12.3 Å². The van der Waals surface area contributed by atoms with Crippen molar-refractivity contribution >= 4 is 27.4 Å². The molecular formula is C13H17BrN2O. The first-order valence-electron chi connectivity index (χ1n) is 5.98. The fraction of sp³-hybridized carbons (Fsp3) is 0.462. The summed E-state index contributed by atoms with van der Waals surface area (Å²) in [6.45, 7) is 0.408. The molecule has 1 aliphatic rings. The van der Waals surface area contributed by atoms with E-state index in [1.165, 1.54) is 25.7 Å². The number of nitrogens with one attached hydrogen (secondary N) is 1. The molecule has 1 saturated carbocycles. The van der Waals surface area contributed by atoms with E-state index < -0.39 is 0 Å². The molecule has 17 heavy (non-hydrogen) atoms. The first-order valence-corrected chi connectivity index (χ1v) is 6.78. The van der Waals surface area contributed by atoms with Gasteiger partial charge in [-0.25, -0.2) is 0 Å². The number of Topliss-reactive ketones (excluding diaryl/α,β-unsaturated/α-hetero) is 1. The van der Waals surface area contributed by atoms with Crippen LogP contribution in [-0.2, 0) is 0 Å². The smallest absolute Gasteiger partial charge is 0.176 e. The van der Waals surface area contributed by atoms with E-state index in [4.69, 9.17) is 5.73 Å². The number of halogens is 1.